The Hall–Kier alpha value is -1.86. The number of amides is 1. The summed E-state index contributed by atoms with van der Waals surface area (Å²) in [7, 11) is 1.61. The number of anilines is 2. The second-order valence-electron chi connectivity index (χ2n) is 3.76. The van der Waals surface area contributed by atoms with Crippen LogP contribution in [0.15, 0.2) is 6.33 Å². The maximum atomic E-state index is 12.1. The third-order valence-corrected chi connectivity index (χ3v) is 3.05. The fraction of sp³-hybridized carbons (Fsp3) is 0.200. The molecule has 3 N–H and O–H groups in total. The largest absolute Gasteiger partial charge is 0.395 e. The van der Waals surface area contributed by atoms with Crippen LogP contribution in [0.2, 0.25) is 10.3 Å². The third-order valence-electron chi connectivity index (χ3n) is 2.48. The van der Waals surface area contributed by atoms with Crippen LogP contribution in [0.5, 0.6) is 0 Å². The SMILES string of the molecule is Cc1nn(C)c(C(=O)Nc2c(Cl)ncnc2Cl)c1N. The second-order valence-corrected chi connectivity index (χ2v) is 4.47. The van der Waals surface area contributed by atoms with E-state index in [4.69, 9.17) is 28.9 Å². The van der Waals surface area contributed by atoms with Crippen molar-refractivity contribution in [3.05, 3.63) is 28.0 Å². The van der Waals surface area contributed by atoms with Gasteiger partial charge in [0.2, 0.25) is 0 Å². The predicted molar refractivity (Wildman–Crippen MR) is 72.4 cm³/mol. The minimum Gasteiger partial charge on any atom is -0.395 e. The Balaban J connectivity index is 2.36. The van der Waals surface area contributed by atoms with Crippen LogP contribution < -0.4 is 11.1 Å². The van der Waals surface area contributed by atoms with Crippen molar-refractivity contribution in [2.75, 3.05) is 11.1 Å². The number of aryl methyl sites for hydroxylation is 2. The standard InChI is InChI=1S/C10H10Cl2N6O/c1-4-5(13)7(18(2)17-4)10(19)16-6-8(11)14-3-15-9(6)12/h3H,13H2,1-2H3,(H,16,19). The number of nitrogen functional groups attached to an aromatic ring is 1. The highest BCUT2D eigenvalue weighted by Crippen LogP contribution is 2.27. The topological polar surface area (TPSA) is 98.7 Å². The van der Waals surface area contributed by atoms with E-state index in [2.05, 4.69) is 20.4 Å². The van der Waals surface area contributed by atoms with Gasteiger partial charge in [-0.25, -0.2) is 9.97 Å². The smallest absolute Gasteiger partial charge is 0.276 e. The molecule has 0 saturated carbocycles. The number of halogens is 2. The van der Waals surface area contributed by atoms with Crippen molar-refractivity contribution < 1.29 is 4.79 Å². The highest BCUT2D eigenvalue weighted by molar-refractivity contribution is 6.38. The lowest BCUT2D eigenvalue weighted by Crippen LogP contribution is -2.18. The summed E-state index contributed by atoms with van der Waals surface area (Å²) in [5, 5.41) is 6.67. The lowest BCUT2D eigenvalue weighted by atomic mass is 10.3. The van der Waals surface area contributed by atoms with E-state index in [1.807, 2.05) is 0 Å². The van der Waals surface area contributed by atoms with Crippen LogP contribution in [-0.2, 0) is 7.05 Å². The van der Waals surface area contributed by atoms with Gasteiger partial charge in [0.25, 0.3) is 5.91 Å². The lowest BCUT2D eigenvalue weighted by Gasteiger charge is -2.08. The number of rotatable bonds is 2. The van der Waals surface area contributed by atoms with Crippen LogP contribution in [-0.4, -0.2) is 25.7 Å². The van der Waals surface area contributed by atoms with Crippen LogP contribution in [0.3, 0.4) is 0 Å². The molecular formula is C10H10Cl2N6O. The summed E-state index contributed by atoms with van der Waals surface area (Å²) >= 11 is 11.7. The molecule has 2 aromatic rings. The molecule has 7 nitrogen and oxygen atoms in total. The molecule has 0 fully saturated rings. The van der Waals surface area contributed by atoms with E-state index in [9.17, 15) is 4.79 Å². The molecule has 19 heavy (non-hydrogen) atoms. The minimum absolute atomic E-state index is 0.0470. The maximum Gasteiger partial charge on any atom is 0.276 e. The first-order valence-corrected chi connectivity index (χ1v) is 5.93. The molecule has 100 valence electrons. The van der Waals surface area contributed by atoms with Crippen LogP contribution in [0.25, 0.3) is 0 Å². The summed E-state index contributed by atoms with van der Waals surface area (Å²) in [6.45, 7) is 1.71. The van der Waals surface area contributed by atoms with Gasteiger partial charge in [-0.2, -0.15) is 5.10 Å². The van der Waals surface area contributed by atoms with E-state index in [1.165, 1.54) is 11.0 Å². The zero-order valence-electron chi connectivity index (χ0n) is 10.1. The van der Waals surface area contributed by atoms with Crippen molar-refractivity contribution in [3.63, 3.8) is 0 Å². The summed E-state index contributed by atoms with van der Waals surface area (Å²) in [5.41, 5.74) is 7.00. The maximum absolute atomic E-state index is 12.1. The number of nitrogens with two attached hydrogens (primary N) is 1. The molecule has 0 bridgehead atoms. The fourth-order valence-corrected chi connectivity index (χ4v) is 1.97. The fourth-order valence-electron chi connectivity index (χ4n) is 1.56. The zero-order chi connectivity index (χ0) is 14.2. The Morgan fingerprint density at radius 3 is 2.42 bits per heavy atom. The van der Waals surface area contributed by atoms with Crippen molar-refractivity contribution in [2.45, 2.75) is 6.92 Å². The van der Waals surface area contributed by atoms with Gasteiger partial charge in [-0.05, 0) is 6.92 Å². The molecule has 2 rings (SSSR count). The molecule has 0 aromatic carbocycles. The Bertz CT molecular complexity index is 633. The summed E-state index contributed by atoms with van der Waals surface area (Å²) in [6, 6.07) is 0. The first kappa shape index (κ1) is 13.6. The van der Waals surface area contributed by atoms with Gasteiger partial charge in [-0.3, -0.25) is 9.48 Å². The summed E-state index contributed by atoms with van der Waals surface area (Å²) in [4.78, 5) is 19.6. The van der Waals surface area contributed by atoms with Crippen LogP contribution in [0.4, 0.5) is 11.4 Å². The van der Waals surface area contributed by atoms with Gasteiger partial charge >= 0.3 is 0 Å². The number of aromatic nitrogens is 4. The number of hydrogen-bond donors (Lipinski definition) is 2. The van der Waals surface area contributed by atoms with Crippen LogP contribution in [0.1, 0.15) is 16.2 Å². The first-order chi connectivity index (χ1) is 8.91. The van der Waals surface area contributed by atoms with Gasteiger partial charge in [0, 0.05) is 7.05 Å². The number of hydrogen-bond acceptors (Lipinski definition) is 5. The lowest BCUT2D eigenvalue weighted by molar-refractivity contribution is 0.101. The van der Waals surface area contributed by atoms with Crippen molar-refractivity contribution >= 4 is 40.5 Å². The molecule has 0 saturated heterocycles. The van der Waals surface area contributed by atoms with Crippen LogP contribution in [0, 0.1) is 6.92 Å². The Morgan fingerprint density at radius 1 is 1.37 bits per heavy atom. The molecule has 1 amide bonds. The Kier molecular flexibility index (Phi) is 3.59. The van der Waals surface area contributed by atoms with E-state index in [1.54, 1.807) is 14.0 Å². The molecule has 0 aliphatic carbocycles. The molecule has 0 radical (unpaired) electrons. The Morgan fingerprint density at radius 2 is 1.95 bits per heavy atom. The predicted octanol–water partition coefficient (Wildman–Crippen LogP) is 1.66. The molecule has 9 heteroatoms. The number of nitrogens with one attached hydrogen (secondary N) is 1. The average Bonchev–Trinajstić information content (AvgIpc) is 2.58. The normalized spacial score (nSPS) is 10.5. The third kappa shape index (κ3) is 2.47. The first-order valence-electron chi connectivity index (χ1n) is 5.18. The zero-order valence-corrected chi connectivity index (χ0v) is 11.6. The van der Waals surface area contributed by atoms with Gasteiger partial charge < -0.3 is 11.1 Å². The quantitative estimate of drug-likeness (QED) is 0.822. The van der Waals surface area contributed by atoms with Crippen molar-refractivity contribution in [2.24, 2.45) is 7.05 Å². The van der Waals surface area contributed by atoms with E-state index in [0.29, 0.717) is 11.4 Å². The number of carbonyl (C=O) groups is 1. The molecule has 2 heterocycles. The molecule has 2 aromatic heterocycles. The molecule has 0 spiro atoms. The average molecular weight is 301 g/mol. The molecule has 0 atom stereocenters. The number of nitrogens with zero attached hydrogens (tertiary/aromatic N) is 4. The Labute approximate surface area is 118 Å². The second kappa shape index (κ2) is 5.02. The molecule has 0 unspecified atom stereocenters. The van der Waals surface area contributed by atoms with Crippen molar-refractivity contribution in [3.8, 4) is 0 Å². The van der Waals surface area contributed by atoms with Gasteiger partial charge in [-0.1, -0.05) is 23.2 Å². The summed E-state index contributed by atoms with van der Waals surface area (Å²) in [6.07, 6.45) is 1.20. The van der Waals surface area contributed by atoms with Gasteiger partial charge in [0.05, 0.1) is 11.4 Å². The molecule has 0 aliphatic heterocycles. The van der Waals surface area contributed by atoms with E-state index >= 15 is 0 Å². The van der Waals surface area contributed by atoms with Crippen molar-refractivity contribution in [1.82, 2.24) is 19.7 Å². The van der Waals surface area contributed by atoms with Gasteiger partial charge in [-0.15, -0.1) is 0 Å². The number of carbonyl (C=O) groups excluding carboxylic acids is 1. The van der Waals surface area contributed by atoms with Crippen LogP contribution >= 0.6 is 23.2 Å². The highest BCUT2D eigenvalue weighted by atomic mass is 35.5. The highest BCUT2D eigenvalue weighted by Gasteiger charge is 2.20. The summed E-state index contributed by atoms with van der Waals surface area (Å²) in [5.74, 6) is -0.487. The van der Waals surface area contributed by atoms with E-state index in [-0.39, 0.29) is 21.7 Å². The van der Waals surface area contributed by atoms with Crippen molar-refractivity contribution in [1.29, 1.82) is 0 Å². The van der Waals surface area contributed by atoms with E-state index < -0.39 is 5.91 Å². The monoisotopic (exact) mass is 300 g/mol. The van der Waals surface area contributed by atoms with Gasteiger partial charge in [0.1, 0.15) is 17.7 Å². The van der Waals surface area contributed by atoms with Gasteiger partial charge in [0.15, 0.2) is 10.3 Å². The molecule has 0 aliphatic rings. The minimum atomic E-state index is -0.487. The molecular weight excluding hydrogens is 291 g/mol. The summed E-state index contributed by atoms with van der Waals surface area (Å²) < 4.78 is 1.38. The van der Waals surface area contributed by atoms with E-state index in [0.717, 1.165) is 0 Å².